The number of carbonyl (C=O) groups is 1. The van der Waals surface area contributed by atoms with E-state index in [4.69, 9.17) is 5.11 Å². The Labute approximate surface area is 120 Å². The van der Waals surface area contributed by atoms with Gasteiger partial charge in [0.05, 0.1) is 5.56 Å². The van der Waals surface area contributed by atoms with Crippen molar-refractivity contribution in [1.29, 1.82) is 0 Å². The molecule has 0 spiro atoms. The van der Waals surface area contributed by atoms with Gasteiger partial charge in [0.25, 0.3) is 5.91 Å². The van der Waals surface area contributed by atoms with E-state index in [0.717, 1.165) is 18.4 Å². The molecule has 1 aromatic carbocycles. The predicted octanol–water partition coefficient (Wildman–Crippen LogP) is 3.05. The van der Waals surface area contributed by atoms with E-state index in [2.05, 4.69) is 5.32 Å². The number of amides is 1. The van der Waals surface area contributed by atoms with Crippen molar-refractivity contribution in [3.8, 4) is 0 Å². The van der Waals surface area contributed by atoms with Gasteiger partial charge in [-0.05, 0) is 43.7 Å². The summed E-state index contributed by atoms with van der Waals surface area (Å²) < 4.78 is 13.7. The van der Waals surface area contributed by atoms with E-state index in [-0.39, 0.29) is 17.6 Å². The van der Waals surface area contributed by atoms with Crippen LogP contribution in [0.3, 0.4) is 0 Å². The highest BCUT2D eigenvalue weighted by atomic mass is 19.1. The highest BCUT2D eigenvalue weighted by molar-refractivity contribution is 5.94. The molecule has 0 aliphatic carbocycles. The molecule has 112 valence electrons. The number of hydrogen-bond donors (Lipinski definition) is 2. The average Bonchev–Trinajstić information content (AvgIpc) is 2.46. The van der Waals surface area contributed by atoms with Crippen LogP contribution in [-0.4, -0.2) is 24.2 Å². The third kappa shape index (κ3) is 4.04. The van der Waals surface area contributed by atoms with Crippen LogP contribution in [0.1, 0.15) is 49.0 Å². The molecule has 0 aliphatic heterocycles. The summed E-state index contributed by atoms with van der Waals surface area (Å²) in [6.07, 6.45) is 2.36. The molecule has 0 fully saturated rings. The minimum Gasteiger partial charge on any atom is -0.396 e. The predicted molar refractivity (Wildman–Crippen MR) is 78.2 cm³/mol. The Hall–Kier alpha value is -1.42. The fourth-order valence-corrected chi connectivity index (χ4v) is 2.36. The van der Waals surface area contributed by atoms with Crippen molar-refractivity contribution in [2.75, 3.05) is 13.2 Å². The van der Waals surface area contributed by atoms with Crippen LogP contribution in [0.5, 0.6) is 0 Å². The quantitative estimate of drug-likeness (QED) is 0.807. The molecule has 0 aliphatic rings. The molecule has 0 bridgehead atoms. The lowest BCUT2D eigenvalue weighted by molar-refractivity contribution is 0.0903. The van der Waals surface area contributed by atoms with E-state index >= 15 is 0 Å². The standard InChI is InChI=1S/C16H24FNO2/c1-4-16(5-2,8-9-19)11-18-15(20)13-10-12(3)6-7-14(13)17/h6-7,10,19H,4-5,8-9,11H2,1-3H3,(H,18,20). The average molecular weight is 281 g/mol. The molecule has 0 aromatic heterocycles. The first-order chi connectivity index (χ1) is 9.48. The van der Waals surface area contributed by atoms with Crippen LogP contribution in [-0.2, 0) is 0 Å². The number of benzene rings is 1. The zero-order valence-corrected chi connectivity index (χ0v) is 12.5. The van der Waals surface area contributed by atoms with Crippen LogP contribution >= 0.6 is 0 Å². The van der Waals surface area contributed by atoms with Gasteiger partial charge in [0.15, 0.2) is 0 Å². The first kappa shape index (κ1) is 16.6. The van der Waals surface area contributed by atoms with E-state index in [9.17, 15) is 9.18 Å². The minimum atomic E-state index is -0.506. The van der Waals surface area contributed by atoms with Gasteiger partial charge in [0, 0.05) is 13.2 Å². The topological polar surface area (TPSA) is 49.3 Å². The Balaban J connectivity index is 2.77. The molecule has 1 aromatic rings. The first-order valence-corrected chi connectivity index (χ1v) is 7.13. The number of halogens is 1. The molecule has 0 atom stereocenters. The van der Waals surface area contributed by atoms with Gasteiger partial charge >= 0.3 is 0 Å². The van der Waals surface area contributed by atoms with Crippen molar-refractivity contribution < 1.29 is 14.3 Å². The highest BCUT2D eigenvalue weighted by Gasteiger charge is 2.26. The van der Waals surface area contributed by atoms with Gasteiger partial charge in [-0.1, -0.05) is 25.5 Å². The van der Waals surface area contributed by atoms with Gasteiger partial charge in [0.1, 0.15) is 5.82 Å². The number of carbonyl (C=O) groups excluding carboxylic acids is 1. The monoisotopic (exact) mass is 281 g/mol. The SMILES string of the molecule is CCC(CC)(CCO)CNC(=O)c1cc(C)ccc1F. The van der Waals surface area contributed by atoms with E-state index in [1.54, 1.807) is 12.1 Å². The minimum absolute atomic E-state index is 0.0788. The molecule has 0 unspecified atom stereocenters. The molecule has 4 heteroatoms. The van der Waals surface area contributed by atoms with Crippen LogP contribution in [0.4, 0.5) is 4.39 Å². The van der Waals surface area contributed by atoms with Gasteiger partial charge in [-0.15, -0.1) is 0 Å². The van der Waals surface area contributed by atoms with Crippen LogP contribution in [0.2, 0.25) is 0 Å². The van der Waals surface area contributed by atoms with Crippen molar-refractivity contribution in [2.24, 2.45) is 5.41 Å². The zero-order valence-electron chi connectivity index (χ0n) is 12.5. The largest absolute Gasteiger partial charge is 0.396 e. The van der Waals surface area contributed by atoms with Crippen molar-refractivity contribution in [2.45, 2.75) is 40.0 Å². The summed E-state index contributed by atoms with van der Waals surface area (Å²) in [5.41, 5.74) is 0.810. The number of hydrogen-bond acceptors (Lipinski definition) is 2. The lowest BCUT2D eigenvalue weighted by atomic mass is 9.79. The van der Waals surface area contributed by atoms with E-state index in [0.29, 0.717) is 13.0 Å². The third-order valence-corrected chi connectivity index (χ3v) is 4.13. The van der Waals surface area contributed by atoms with Crippen LogP contribution < -0.4 is 5.32 Å². The molecule has 0 saturated carbocycles. The zero-order chi connectivity index (χ0) is 15.2. The Morgan fingerprint density at radius 3 is 2.55 bits per heavy atom. The molecule has 2 N–H and O–H groups in total. The first-order valence-electron chi connectivity index (χ1n) is 7.13. The van der Waals surface area contributed by atoms with Crippen molar-refractivity contribution in [3.63, 3.8) is 0 Å². The van der Waals surface area contributed by atoms with E-state index < -0.39 is 11.7 Å². The summed E-state index contributed by atoms with van der Waals surface area (Å²) in [4.78, 5) is 12.1. The number of nitrogens with one attached hydrogen (secondary N) is 1. The van der Waals surface area contributed by atoms with Gasteiger partial charge in [0.2, 0.25) is 0 Å². The molecule has 1 amide bonds. The maximum Gasteiger partial charge on any atom is 0.254 e. The molecular weight excluding hydrogens is 257 g/mol. The summed E-state index contributed by atoms with van der Waals surface area (Å²) in [7, 11) is 0. The molecular formula is C16H24FNO2. The maximum atomic E-state index is 13.7. The summed E-state index contributed by atoms with van der Waals surface area (Å²) in [5, 5.41) is 12.0. The smallest absolute Gasteiger partial charge is 0.254 e. The number of aliphatic hydroxyl groups excluding tert-OH is 1. The van der Waals surface area contributed by atoms with Crippen LogP contribution in [0.15, 0.2) is 18.2 Å². The molecule has 0 saturated heterocycles. The summed E-state index contributed by atoms with van der Waals surface area (Å²) in [6.45, 7) is 6.45. The van der Waals surface area contributed by atoms with Crippen molar-refractivity contribution >= 4 is 5.91 Å². The van der Waals surface area contributed by atoms with Crippen molar-refractivity contribution in [1.82, 2.24) is 5.32 Å². The third-order valence-electron chi connectivity index (χ3n) is 4.13. The van der Waals surface area contributed by atoms with Gasteiger partial charge in [-0.2, -0.15) is 0 Å². The van der Waals surface area contributed by atoms with Crippen LogP contribution in [0, 0.1) is 18.2 Å². The second-order valence-corrected chi connectivity index (χ2v) is 5.35. The summed E-state index contributed by atoms with van der Waals surface area (Å²) in [6, 6.07) is 4.50. The van der Waals surface area contributed by atoms with Crippen molar-refractivity contribution in [3.05, 3.63) is 35.1 Å². The number of aliphatic hydroxyl groups is 1. The second-order valence-electron chi connectivity index (χ2n) is 5.35. The Morgan fingerprint density at radius 1 is 1.35 bits per heavy atom. The molecule has 3 nitrogen and oxygen atoms in total. The molecule has 0 radical (unpaired) electrons. The number of aryl methyl sites for hydroxylation is 1. The molecule has 1 rings (SSSR count). The maximum absolute atomic E-state index is 13.7. The Bertz CT molecular complexity index is 456. The Morgan fingerprint density at radius 2 is 2.00 bits per heavy atom. The summed E-state index contributed by atoms with van der Waals surface area (Å²) >= 11 is 0. The Kier molecular flexibility index (Phi) is 6.14. The van der Waals surface area contributed by atoms with E-state index in [1.165, 1.54) is 6.07 Å². The summed E-state index contributed by atoms with van der Waals surface area (Å²) in [5.74, 6) is -0.899. The van der Waals surface area contributed by atoms with Gasteiger partial charge in [-0.3, -0.25) is 4.79 Å². The molecule has 0 heterocycles. The normalized spacial score (nSPS) is 11.4. The van der Waals surface area contributed by atoms with E-state index in [1.807, 2.05) is 20.8 Å². The number of rotatable bonds is 7. The lowest BCUT2D eigenvalue weighted by Crippen LogP contribution is -2.38. The van der Waals surface area contributed by atoms with Crippen LogP contribution in [0.25, 0.3) is 0 Å². The fraction of sp³-hybridized carbons (Fsp3) is 0.562. The van der Waals surface area contributed by atoms with Gasteiger partial charge < -0.3 is 10.4 Å². The highest BCUT2D eigenvalue weighted by Crippen LogP contribution is 2.29. The van der Waals surface area contributed by atoms with Gasteiger partial charge in [-0.25, -0.2) is 4.39 Å². The lowest BCUT2D eigenvalue weighted by Gasteiger charge is -2.31. The molecule has 20 heavy (non-hydrogen) atoms. The second kappa shape index (κ2) is 7.39. The fourth-order valence-electron chi connectivity index (χ4n) is 2.36.